The van der Waals surface area contributed by atoms with Crippen molar-refractivity contribution >= 4 is 43.2 Å². The third kappa shape index (κ3) is 4.70. The molecule has 0 radical (unpaired) electrons. The lowest BCUT2D eigenvalue weighted by Crippen LogP contribution is -2.30. The van der Waals surface area contributed by atoms with Crippen LogP contribution in [-0.2, 0) is 16.6 Å². The van der Waals surface area contributed by atoms with Crippen molar-refractivity contribution in [3.63, 3.8) is 0 Å². The minimum absolute atomic E-state index is 0.0322. The standard InChI is InChI=1S/C17H17BrF2N2O4S2/c18-12-3-4-13(26-17(19)20)11(9-12)10-21-16(23)15-14(5-8-27-15)28(24,25)22-6-1-2-7-22/h3-5,8-9,17H,1-2,6-7,10H2,(H,21,23). The van der Waals surface area contributed by atoms with Crippen LogP contribution in [0.4, 0.5) is 8.78 Å². The fraction of sp³-hybridized carbons (Fsp3) is 0.353. The number of carbonyl (C=O) groups excluding carboxylic acids is 1. The van der Waals surface area contributed by atoms with Gasteiger partial charge in [0.2, 0.25) is 10.0 Å². The zero-order valence-corrected chi connectivity index (χ0v) is 17.7. The zero-order valence-electron chi connectivity index (χ0n) is 14.5. The van der Waals surface area contributed by atoms with Crippen molar-refractivity contribution in [1.82, 2.24) is 9.62 Å². The van der Waals surface area contributed by atoms with Gasteiger partial charge in [-0.25, -0.2) is 8.42 Å². The van der Waals surface area contributed by atoms with E-state index in [0.717, 1.165) is 24.2 Å². The summed E-state index contributed by atoms with van der Waals surface area (Å²) in [5.74, 6) is -0.648. The van der Waals surface area contributed by atoms with E-state index >= 15 is 0 Å². The number of ether oxygens (including phenoxy) is 1. The predicted octanol–water partition coefficient (Wildman–Crippen LogP) is 3.83. The number of amides is 1. The Balaban J connectivity index is 1.77. The van der Waals surface area contributed by atoms with Crippen molar-refractivity contribution in [2.75, 3.05) is 13.1 Å². The van der Waals surface area contributed by atoms with Crippen molar-refractivity contribution in [3.8, 4) is 5.75 Å². The highest BCUT2D eigenvalue weighted by atomic mass is 79.9. The molecule has 1 N–H and O–H groups in total. The molecule has 1 aliphatic heterocycles. The summed E-state index contributed by atoms with van der Waals surface area (Å²) in [6.07, 6.45) is 1.58. The normalized spacial score (nSPS) is 15.1. The Morgan fingerprint density at radius 3 is 2.68 bits per heavy atom. The Morgan fingerprint density at radius 1 is 1.29 bits per heavy atom. The quantitative estimate of drug-likeness (QED) is 0.634. The molecule has 1 fully saturated rings. The molecule has 28 heavy (non-hydrogen) atoms. The van der Waals surface area contributed by atoms with E-state index < -0.39 is 22.5 Å². The molecule has 11 heteroatoms. The highest BCUT2D eigenvalue weighted by Gasteiger charge is 2.31. The molecule has 0 saturated carbocycles. The van der Waals surface area contributed by atoms with E-state index in [1.165, 1.54) is 16.4 Å². The number of alkyl halides is 2. The zero-order chi connectivity index (χ0) is 20.3. The summed E-state index contributed by atoms with van der Waals surface area (Å²) in [6.45, 7) is -2.22. The smallest absolute Gasteiger partial charge is 0.387 e. The van der Waals surface area contributed by atoms with Crippen molar-refractivity contribution in [1.29, 1.82) is 0 Å². The van der Waals surface area contributed by atoms with Crippen molar-refractivity contribution in [2.24, 2.45) is 0 Å². The topological polar surface area (TPSA) is 75.7 Å². The third-order valence-electron chi connectivity index (χ3n) is 4.20. The molecular formula is C17H17BrF2N2O4S2. The highest BCUT2D eigenvalue weighted by Crippen LogP contribution is 2.28. The van der Waals surface area contributed by atoms with E-state index in [1.54, 1.807) is 17.5 Å². The molecule has 0 atom stereocenters. The van der Waals surface area contributed by atoms with Gasteiger partial charge in [0, 0.05) is 29.7 Å². The number of carbonyl (C=O) groups is 1. The van der Waals surface area contributed by atoms with Crippen LogP contribution in [0.5, 0.6) is 5.75 Å². The fourth-order valence-corrected chi connectivity index (χ4v) is 6.13. The monoisotopic (exact) mass is 494 g/mol. The van der Waals surface area contributed by atoms with Gasteiger partial charge >= 0.3 is 6.61 Å². The summed E-state index contributed by atoms with van der Waals surface area (Å²) in [6, 6.07) is 5.88. The number of hydrogen-bond acceptors (Lipinski definition) is 5. The van der Waals surface area contributed by atoms with Gasteiger partial charge in [0.25, 0.3) is 5.91 Å². The summed E-state index contributed by atoms with van der Waals surface area (Å²) in [7, 11) is -3.73. The third-order valence-corrected chi connectivity index (χ3v) is 7.67. The van der Waals surface area contributed by atoms with E-state index in [4.69, 9.17) is 0 Å². The van der Waals surface area contributed by atoms with Crippen molar-refractivity contribution in [3.05, 3.63) is 44.6 Å². The van der Waals surface area contributed by atoms with Crippen LogP contribution in [0.1, 0.15) is 28.1 Å². The maximum atomic E-state index is 12.8. The lowest BCUT2D eigenvalue weighted by molar-refractivity contribution is -0.0504. The lowest BCUT2D eigenvalue weighted by Gasteiger charge is -2.16. The van der Waals surface area contributed by atoms with E-state index in [0.29, 0.717) is 23.1 Å². The second kappa shape index (κ2) is 8.85. The summed E-state index contributed by atoms with van der Waals surface area (Å²) in [5.41, 5.74) is 0.337. The Kier molecular flexibility index (Phi) is 6.69. The molecule has 1 aliphatic rings. The number of sulfonamides is 1. The molecule has 3 rings (SSSR count). The molecule has 1 aromatic carbocycles. The molecular weight excluding hydrogens is 478 g/mol. The van der Waals surface area contributed by atoms with Gasteiger partial charge in [-0.1, -0.05) is 15.9 Å². The minimum atomic E-state index is -3.73. The van der Waals surface area contributed by atoms with Crippen LogP contribution in [0.25, 0.3) is 0 Å². The average Bonchev–Trinajstić information content (AvgIpc) is 3.33. The van der Waals surface area contributed by atoms with Crippen LogP contribution in [0.15, 0.2) is 39.0 Å². The maximum absolute atomic E-state index is 12.8. The fourth-order valence-electron chi connectivity index (χ4n) is 2.89. The molecule has 1 amide bonds. The first-order valence-corrected chi connectivity index (χ1v) is 11.5. The lowest BCUT2D eigenvalue weighted by atomic mass is 10.2. The van der Waals surface area contributed by atoms with Gasteiger partial charge in [-0.2, -0.15) is 13.1 Å². The number of hydrogen-bond donors (Lipinski definition) is 1. The molecule has 152 valence electrons. The molecule has 0 bridgehead atoms. The maximum Gasteiger partial charge on any atom is 0.387 e. The first-order valence-electron chi connectivity index (χ1n) is 8.38. The minimum Gasteiger partial charge on any atom is -0.434 e. The van der Waals surface area contributed by atoms with Gasteiger partial charge < -0.3 is 10.1 Å². The van der Waals surface area contributed by atoms with Gasteiger partial charge in [0.05, 0.1) is 0 Å². The number of benzene rings is 1. The molecule has 1 aromatic heterocycles. The summed E-state index contributed by atoms with van der Waals surface area (Å²) in [4.78, 5) is 12.6. The van der Waals surface area contributed by atoms with Gasteiger partial charge in [-0.15, -0.1) is 11.3 Å². The van der Waals surface area contributed by atoms with E-state index in [2.05, 4.69) is 26.0 Å². The van der Waals surface area contributed by atoms with Crippen LogP contribution >= 0.6 is 27.3 Å². The van der Waals surface area contributed by atoms with Gasteiger partial charge in [0.15, 0.2) is 0 Å². The Bertz CT molecular complexity index is 960. The van der Waals surface area contributed by atoms with Gasteiger partial charge in [0.1, 0.15) is 15.5 Å². The van der Waals surface area contributed by atoms with Gasteiger partial charge in [-0.3, -0.25) is 4.79 Å². The second-order valence-corrected chi connectivity index (χ2v) is 9.78. The summed E-state index contributed by atoms with van der Waals surface area (Å²) in [5, 5.41) is 4.13. The molecule has 6 nitrogen and oxygen atoms in total. The van der Waals surface area contributed by atoms with Crippen molar-refractivity contribution in [2.45, 2.75) is 30.9 Å². The van der Waals surface area contributed by atoms with Crippen molar-refractivity contribution < 1.29 is 26.7 Å². The first kappa shape index (κ1) is 21.2. The molecule has 2 heterocycles. The van der Waals surface area contributed by atoms with Crippen LogP contribution < -0.4 is 10.1 Å². The number of thiophene rings is 1. The average molecular weight is 495 g/mol. The van der Waals surface area contributed by atoms with E-state index in [9.17, 15) is 22.0 Å². The Hall–Kier alpha value is -1.56. The Morgan fingerprint density at radius 2 is 2.00 bits per heavy atom. The summed E-state index contributed by atoms with van der Waals surface area (Å²) < 4.78 is 57.1. The van der Waals surface area contributed by atoms with Crippen LogP contribution in [0.2, 0.25) is 0 Å². The molecule has 2 aromatic rings. The predicted molar refractivity (Wildman–Crippen MR) is 104 cm³/mol. The Labute approximate surface area is 173 Å². The number of nitrogens with one attached hydrogen (secondary N) is 1. The van der Waals surface area contributed by atoms with E-state index in [-0.39, 0.29) is 22.1 Å². The second-order valence-electron chi connectivity index (χ2n) is 6.04. The number of nitrogens with zero attached hydrogens (tertiary/aromatic N) is 1. The van der Waals surface area contributed by atoms with Crippen LogP contribution in [0, 0.1) is 0 Å². The number of halogens is 3. The van der Waals surface area contributed by atoms with Gasteiger partial charge in [-0.05, 0) is 42.5 Å². The van der Waals surface area contributed by atoms with E-state index in [1.807, 2.05) is 0 Å². The summed E-state index contributed by atoms with van der Waals surface area (Å²) >= 11 is 4.26. The first-order chi connectivity index (χ1) is 13.3. The van der Waals surface area contributed by atoms with Crippen LogP contribution in [0.3, 0.4) is 0 Å². The highest BCUT2D eigenvalue weighted by molar-refractivity contribution is 9.10. The number of rotatable bonds is 7. The molecule has 1 saturated heterocycles. The van der Waals surface area contributed by atoms with Crippen LogP contribution in [-0.4, -0.2) is 38.3 Å². The molecule has 0 spiro atoms. The SMILES string of the molecule is O=C(NCc1cc(Br)ccc1OC(F)F)c1sccc1S(=O)(=O)N1CCCC1. The molecule has 0 unspecified atom stereocenters. The molecule has 0 aliphatic carbocycles. The largest absolute Gasteiger partial charge is 0.434 e.